The number of sulfonamides is 1. The van der Waals surface area contributed by atoms with Crippen molar-refractivity contribution in [3.63, 3.8) is 0 Å². The second kappa shape index (κ2) is 5.64. The maximum absolute atomic E-state index is 11.2. The van der Waals surface area contributed by atoms with Crippen LogP contribution in [0.2, 0.25) is 0 Å². The van der Waals surface area contributed by atoms with Crippen LogP contribution in [0.1, 0.15) is 0 Å². The third kappa shape index (κ3) is 3.65. The molecule has 0 aliphatic heterocycles. The van der Waals surface area contributed by atoms with Gasteiger partial charge in [0.05, 0.1) is 5.69 Å². The van der Waals surface area contributed by atoms with Crippen LogP contribution < -0.4 is 16.2 Å². The molecular formula is C10H15N3O2S. The maximum Gasteiger partial charge on any atom is 0.240 e. The highest BCUT2D eigenvalue weighted by molar-refractivity contribution is 7.89. The molecule has 0 aliphatic rings. The number of nitrogens with one attached hydrogen (secondary N) is 1. The molecule has 5 N–H and O–H groups in total. The molecule has 0 aliphatic carbocycles. The monoisotopic (exact) mass is 241 g/mol. The topological polar surface area (TPSA) is 98.2 Å². The molecule has 0 spiro atoms. The predicted octanol–water partition coefficient (Wildman–Crippen LogP) is 0.261. The first-order valence-corrected chi connectivity index (χ1v) is 6.31. The predicted molar refractivity (Wildman–Crippen MR) is 64.5 cm³/mol. The zero-order valence-corrected chi connectivity index (χ0v) is 9.57. The average Bonchev–Trinajstić information content (AvgIpc) is 2.24. The van der Waals surface area contributed by atoms with E-state index in [9.17, 15) is 8.42 Å². The number of rotatable bonds is 5. The molecule has 0 radical (unpaired) electrons. The lowest BCUT2D eigenvalue weighted by atomic mass is 10.3. The minimum Gasteiger partial charge on any atom is -0.380 e. The molecule has 0 heterocycles. The van der Waals surface area contributed by atoms with E-state index in [1.54, 1.807) is 24.3 Å². The summed E-state index contributed by atoms with van der Waals surface area (Å²) in [6.45, 7) is 0.961. The zero-order valence-electron chi connectivity index (χ0n) is 8.76. The second-order valence-electron chi connectivity index (χ2n) is 3.13. The summed E-state index contributed by atoms with van der Waals surface area (Å²) in [5.74, 6) is 0. The normalized spacial score (nSPS) is 11.9. The van der Waals surface area contributed by atoms with E-state index in [2.05, 4.69) is 5.32 Å². The smallest absolute Gasteiger partial charge is 0.240 e. The van der Waals surface area contributed by atoms with Crippen molar-refractivity contribution in [2.45, 2.75) is 4.90 Å². The Morgan fingerprint density at radius 1 is 1.25 bits per heavy atom. The molecule has 5 nitrogen and oxygen atoms in total. The first-order chi connectivity index (χ1) is 7.55. The summed E-state index contributed by atoms with van der Waals surface area (Å²) >= 11 is 0. The summed E-state index contributed by atoms with van der Waals surface area (Å²) in [5, 5.41) is 8.04. The van der Waals surface area contributed by atoms with Gasteiger partial charge in [-0.1, -0.05) is 24.3 Å². The molecule has 0 fully saturated rings. The van der Waals surface area contributed by atoms with Crippen molar-refractivity contribution in [1.29, 1.82) is 0 Å². The summed E-state index contributed by atoms with van der Waals surface area (Å²) in [7, 11) is -3.69. The van der Waals surface area contributed by atoms with E-state index < -0.39 is 10.0 Å². The van der Waals surface area contributed by atoms with Gasteiger partial charge in [0.15, 0.2) is 0 Å². The van der Waals surface area contributed by atoms with Gasteiger partial charge in [-0.05, 0) is 12.1 Å². The van der Waals surface area contributed by atoms with E-state index in [0.717, 1.165) is 0 Å². The second-order valence-corrected chi connectivity index (χ2v) is 4.66. The highest BCUT2D eigenvalue weighted by atomic mass is 32.2. The van der Waals surface area contributed by atoms with E-state index in [-0.39, 0.29) is 4.90 Å². The van der Waals surface area contributed by atoms with Crippen LogP contribution in [-0.2, 0) is 10.0 Å². The van der Waals surface area contributed by atoms with Crippen LogP contribution in [0.4, 0.5) is 5.69 Å². The van der Waals surface area contributed by atoms with E-state index in [1.807, 2.05) is 6.08 Å². The van der Waals surface area contributed by atoms with Gasteiger partial charge in [-0.2, -0.15) is 0 Å². The van der Waals surface area contributed by atoms with Crippen LogP contribution in [0, 0.1) is 0 Å². The minimum absolute atomic E-state index is 0.0937. The van der Waals surface area contributed by atoms with Gasteiger partial charge in [-0.3, -0.25) is 0 Å². The lowest BCUT2D eigenvalue weighted by molar-refractivity contribution is 0.598. The van der Waals surface area contributed by atoms with Gasteiger partial charge in [-0.25, -0.2) is 13.6 Å². The fourth-order valence-corrected chi connectivity index (χ4v) is 1.92. The van der Waals surface area contributed by atoms with Crippen LogP contribution in [0.25, 0.3) is 0 Å². The average molecular weight is 241 g/mol. The van der Waals surface area contributed by atoms with Crippen molar-refractivity contribution < 1.29 is 8.42 Å². The zero-order chi connectivity index (χ0) is 12.0. The molecule has 0 amide bonds. The first kappa shape index (κ1) is 12.7. The number of nitrogens with two attached hydrogens (primary N) is 2. The Balaban J connectivity index is 2.84. The van der Waals surface area contributed by atoms with Gasteiger partial charge in [-0.15, -0.1) is 0 Å². The van der Waals surface area contributed by atoms with Crippen molar-refractivity contribution in [1.82, 2.24) is 0 Å². The van der Waals surface area contributed by atoms with Crippen molar-refractivity contribution >= 4 is 15.7 Å². The van der Waals surface area contributed by atoms with E-state index >= 15 is 0 Å². The third-order valence-electron chi connectivity index (χ3n) is 1.91. The van der Waals surface area contributed by atoms with Gasteiger partial charge >= 0.3 is 0 Å². The summed E-state index contributed by atoms with van der Waals surface area (Å²) in [4.78, 5) is 0.0937. The van der Waals surface area contributed by atoms with E-state index in [1.165, 1.54) is 6.07 Å². The molecule has 88 valence electrons. The molecule has 0 atom stereocenters. The third-order valence-corrected chi connectivity index (χ3v) is 2.88. The number of hydrogen-bond acceptors (Lipinski definition) is 4. The Kier molecular flexibility index (Phi) is 4.48. The van der Waals surface area contributed by atoms with Gasteiger partial charge in [0.1, 0.15) is 4.90 Å². The Bertz CT molecular complexity index is 469. The lowest BCUT2D eigenvalue weighted by Crippen LogP contribution is -2.15. The minimum atomic E-state index is -3.69. The number of hydrogen-bond donors (Lipinski definition) is 3. The number of anilines is 1. The van der Waals surface area contributed by atoms with Crippen molar-refractivity contribution in [3.05, 3.63) is 36.4 Å². The van der Waals surface area contributed by atoms with Crippen molar-refractivity contribution in [2.75, 3.05) is 18.4 Å². The number of para-hydroxylation sites is 1. The maximum atomic E-state index is 11.2. The first-order valence-electron chi connectivity index (χ1n) is 4.76. The molecule has 0 saturated carbocycles. The summed E-state index contributed by atoms with van der Waals surface area (Å²) in [6.07, 6.45) is 3.60. The van der Waals surface area contributed by atoms with Gasteiger partial charge in [0, 0.05) is 13.1 Å². The van der Waals surface area contributed by atoms with Crippen LogP contribution >= 0.6 is 0 Å². The van der Waals surface area contributed by atoms with Gasteiger partial charge < -0.3 is 11.1 Å². The quantitative estimate of drug-likeness (QED) is 0.644. The van der Waals surface area contributed by atoms with Gasteiger partial charge in [0.25, 0.3) is 0 Å². The molecule has 1 aromatic carbocycles. The van der Waals surface area contributed by atoms with Crippen LogP contribution in [-0.4, -0.2) is 21.5 Å². The molecule has 0 unspecified atom stereocenters. The highest BCUT2D eigenvalue weighted by Gasteiger charge is 2.11. The fourth-order valence-electron chi connectivity index (χ4n) is 1.21. The molecular weight excluding hydrogens is 226 g/mol. The molecule has 0 bridgehead atoms. The molecule has 0 aromatic heterocycles. The summed E-state index contributed by atoms with van der Waals surface area (Å²) < 4.78 is 22.5. The summed E-state index contributed by atoms with van der Waals surface area (Å²) in [6, 6.07) is 6.49. The Morgan fingerprint density at radius 2 is 1.94 bits per heavy atom. The van der Waals surface area contributed by atoms with Crippen LogP contribution in [0.15, 0.2) is 41.3 Å². The molecule has 0 saturated heterocycles. The van der Waals surface area contributed by atoms with E-state index in [4.69, 9.17) is 10.9 Å². The number of benzene rings is 1. The van der Waals surface area contributed by atoms with E-state index in [0.29, 0.717) is 18.8 Å². The van der Waals surface area contributed by atoms with Gasteiger partial charge in [0.2, 0.25) is 10.0 Å². The largest absolute Gasteiger partial charge is 0.380 e. The SMILES string of the molecule is NC/C=C/CNc1ccccc1S(N)(=O)=O. The molecule has 1 rings (SSSR count). The standard InChI is InChI=1S/C10H15N3O2S/c11-7-3-4-8-13-9-5-1-2-6-10(9)16(12,14)15/h1-6,13H,7-8,11H2,(H2,12,14,15)/b4-3+. The molecule has 6 heteroatoms. The van der Waals surface area contributed by atoms with Crippen molar-refractivity contribution in [2.24, 2.45) is 10.9 Å². The Morgan fingerprint density at radius 3 is 2.56 bits per heavy atom. The van der Waals surface area contributed by atoms with Crippen LogP contribution in [0.3, 0.4) is 0 Å². The Hall–Kier alpha value is -1.37. The number of primary sulfonamides is 1. The fraction of sp³-hybridized carbons (Fsp3) is 0.200. The molecule has 16 heavy (non-hydrogen) atoms. The summed E-state index contributed by atoms with van der Waals surface area (Å²) in [5.41, 5.74) is 5.77. The lowest BCUT2D eigenvalue weighted by Gasteiger charge is -2.08. The van der Waals surface area contributed by atoms with Crippen molar-refractivity contribution in [3.8, 4) is 0 Å². The Labute approximate surface area is 95.2 Å². The highest BCUT2D eigenvalue weighted by Crippen LogP contribution is 2.18. The molecule has 1 aromatic rings. The van der Waals surface area contributed by atoms with Crippen LogP contribution in [0.5, 0.6) is 0 Å².